The van der Waals surface area contributed by atoms with Crippen molar-refractivity contribution >= 4 is 5.91 Å². The summed E-state index contributed by atoms with van der Waals surface area (Å²) in [5.41, 5.74) is 0.367. The minimum atomic E-state index is -0.473. The van der Waals surface area contributed by atoms with Crippen molar-refractivity contribution in [2.75, 3.05) is 0 Å². The quantitative estimate of drug-likeness (QED) is 0.745. The van der Waals surface area contributed by atoms with Crippen molar-refractivity contribution in [2.45, 2.75) is 46.1 Å². The first-order valence-corrected chi connectivity index (χ1v) is 5.18. The van der Waals surface area contributed by atoms with E-state index in [4.69, 9.17) is 5.26 Å². The molecule has 1 saturated carbocycles. The van der Waals surface area contributed by atoms with Crippen LogP contribution < -0.4 is 5.32 Å². The normalized spacial score (nSPS) is 21.9. The molecule has 78 valence electrons. The molecule has 1 aliphatic rings. The number of carbonyl (C=O) groups is 1. The summed E-state index contributed by atoms with van der Waals surface area (Å²) >= 11 is 0. The van der Waals surface area contributed by atoms with Crippen LogP contribution in [0.5, 0.6) is 0 Å². The van der Waals surface area contributed by atoms with E-state index in [0.717, 1.165) is 12.8 Å². The SMILES string of the molecule is CCC(C#N)C(=O)NC1CC(C)(C)C1. The van der Waals surface area contributed by atoms with Gasteiger partial charge in [-0.25, -0.2) is 0 Å². The second kappa shape index (κ2) is 4.00. The average molecular weight is 194 g/mol. The minimum Gasteiger partial charge on any atom is -0.352 e. The Labute approximate surface area is 85.5 Å². The molecule has 0 radical (unpaired) electrons. The van der Waals surface area contributed by atoms with E-state index in [0.29, 0.717) is 17.9 Å². The smallest absolute Gasteiger partial charge is 0.237 e. The van der Waals surface area contributed by atoms with Gasteiger partial charge in [0, 0.05) is 6.04 Å². The van der Waals surface area contributed by atoms with Gasteiger partial charge in [-0.15, -0.1) is 0 Å². The first-order valence-electron chi connectivity index (χ1n) is 5.18. The number of nitrogens with one attached hydrogen (secondary N) is 1. The van der Waals surface area contributed by atoms with Crippen LogP contribution in [-0.2, 0) is 4.79 Å². The Balaban J connectivity index is 2.33. The highest BCUT2D eigenvalue weighted by atomic mass is 16.1. The number of carbonyl (C=O) groups excluding carboxylic acids is 1. The fourth-order valence-corrected chi connectivity index (χ4v) is 2.01. The van der Waals surface area contributed by atoms with Gasteiger partial charge in [0.1, 0.15) is 5.92 Å². The molecule has 0 bridgehead atoms. The Morgan fingerprint density at radius 1 is 1.64 bits per heavy atom. The predicted molar refractivity (Wildman–Crippen MR) is 54.3 cm³/mol. The zero-order valence-electron chi connectivity index (χ0n) is 9.13. The molecule has 1 aliphatic carbocycles. The number of nitriles is 1. The molecule has 1 rings (SSSR count). The third kappa shape index (κ3) is 2.47. The first-order chi connectivity index (χ1) is 6.48. The van der Waals surface area contributed by atoms with E-state index < -0.39 is 5.92 Å². The van der Waals surface area contributed by atoms with Crippen LogP contribution in [0.4, 0.5) is 0 Å². The van der Waals surface area contributed by atoms with Crippen LogP contribution in [0.25, 0.3) is 0 Å². The summed E-state index contributed by atoms with van der Waals surface area (Å²) in [6, 6.07) is 2.31. The third-order valence-corrected chi connectivity index (χ3v) is 2.82. The Bertz CT molecular complexity index is 257. The molecule has 0 aromatic rings. The topological polar surface area (TPSA) is 52.9 Å². The molecule has 1 atom stereocenters. The monoisotopic (exact) mass is 194 g/mol. The third-order valence-electron chi connectivity index (χ3n) is 2.82. The molecule has 0 aliphatic heterocycles. The lowest BCUT2D eigenvalue weighted by Gasteiger charge is -2.43. The first kappa shape index (κ1) is 11.0. The van der Waals surface area contributed by atoms with E-state index in [9.17, 15) is 4.79 Å². The summed E-state index contributed by atoms with van der Waals surface area (Å²) in [6.45, 7) is 6.24. The fourth-order valence-electron chi connectivity index (χ4n) is 2.01. The van der Waals surface area contributed by atoms with Crippen molar-refractivity contribution in [3.05, 3.63) is 0 Å². The number of hydrogen-bond donors (Lipinski definition) is 1. The Hall–Kier alpha value is -1.04. The maximum Gasteiger partial charge on any atom is 0.237 e. The molecule has 1 fully saturated rings. The van der Waals surface area contributed by atoms with Gasteiger partial charge in [-0.1, -0.05) is 20.8 Å². The van der Waals surface area contributed by atoms with Crippen LogP contribution in [0.15, 0.2) is 0 Å². The zero-order valence-corrected chi connectivity index (χ0v) is 9.13. The van der Waals surface area contributed by atoms with Crippen molar-refractivity contribution in [1.29, 1.82) is 5.26 Å². The molecule has 14 heavy (non-hydrogen) atoms. The summed E-state index contributed by atoms with van der Waals surface area (Å²) in [5, 5.41) is 11.6. The Kier molecular flexibility index (Phi) is 3.15. The standard InChI is InChI=1S/C11H18N2O/c1-4-8(7-12)10(14)13-9-5-11(2,3)6-9/h8-9H,4-6H2,1-3H3,(H,13,14). The number of rotatable bonds is 3. The number of nitrogens with zero attached hydrogens (tertiary/aromatic N) is 1. The van der Waals surface area contributed by atoms with Crippen LogP contribution in [-0.4, -0.2) is 11.9 Å². The highest BCUT2D eigenvalue weighted by molar-refractivity contribution is 5.81. The lowest BCUT2D eigenvalue weighted by molar-refractivity contribution is -0.125. The van der Waals surface area contributed by atoms with E-state index in [1.54, 1.807) is 0 Å². The highest BCUT2D eigenvalue weighted by Crippen LogP contribution is 2.39. The summed E-state index contributed by atoms with van der Waals surface area (Å²) in [5.74, 6) is -0.575. The van der Waals surface area contributed by atoms with Crippen molar-refractivity contribution < 1.29 is 4.79 Å². The van der Waals surface area contributed by atoms with Gasteiger partial charge in [-0.05, 0) is 24.7 Å². The van der Waals surface area contributed by atoms with Crippen molar-refractivity contribution in [3.8, 4) is 6.07 Å². The lowest BCUT2D eigenvalue weighted by Crippen LogP contribution is -2.49. The van der Waals surface area contributed by atoms with Crippen LogP contribution in [0.3, 0.4) is 0 Å². The predicted octanol–water partition coefficient (Wildman–Crippen LogP) is 1.84. The van der Waals surface area contributed by atoms with Gasteiger partial charge in [0.05, 0.1) is 6.07 Å². The van der Waals surface area contributed by atoms with E-state index >= 15 is 0 Å². The number of hydrogen-bond acceptors (Lipinski definition) is 2. The van der Waals surface area contributed by atoms with Crippen LogP contribution >= 0.6 is 0 Å². The fraction of sp³-hybridized carbons (Fsp3) is 0.818. The van der Waals surface area contributed by atoms with Crippen LogP contribution in [0.2, 0.25) is 0 Å². The highest BCUT2D eigenvalue weighted by Gasteiger charge is 2.37. The molecular weight excluding hydrogens is 176 g/mol. The molecule has 0 heterocycles. The Morgan fingerprint density at radius 3 is 2.57 bits per heavy atom. The summed E-state index contributed by atoms with van der Waals surface area (Å²) in [4.78, 5) is 11.5. The molecule has 0 aromatic carbocycles. The van der Waals surface area contributed by atoms with E-state index in [1.807, 2.05) is 13.0 Å². The zero-order chi connectivity index (χ0) is 10.8. The summed E-state index contributed by atoms with van der Waals surface area (Å²) in [7, 11) is 0. The Morgan fingerprint density at radius 2 is 2.21 bits per heavy atom. The molecule has 0 spiro atoms. The van der Waals surface area contributed by atoms with Crippen molar-refractivity contribution in [2.24, 2.45) is 11.3 Å². The van der Waals surface area contributed by atoms with Gasteiger partial charge >= 0.3 is 0 Å². The van der Waals surface area contributed by atoms with E-state index in [2.05, 4.69) is 19.2 Å². The molecule has 1 unspecified atom stereocenters. The summed E-state index contributed by atoms with van der Waals surface area (Å²) in [6.07, 6.45) is 2.65. The average Bonchev–Trinajstić information content (AvgIpc) is 2.03. The van der Waals surface area contributed by atoms with Gasteiger partial charge < -0.3 is 5.32 Å². The molecule has 3 heteroatoms. The van der Waals surface area contributed by atoms with Gasteiger partial charge in [0.2, 0.25) is 5.91 Å². The van der Waals surface area contributed by atoms with Crippen molar-refractivity contribution in [3.63, 3.8) is 0 Å². The second-order valence-corrected chi connectivity index (χ2v) is 4.87. The maximum atomic E-state index is 11.5. The van der Waals surface area contributed by atoms with Crippen molar-refractivity contribution in [1.82, 2.24) is 5.32 Å². The van der Waals surface area contributed by atoms with Crippen LogP contribution in [0.1, 0.15) is 40.0 Å². The van der Waals surface area contributed by atoms with E-state index in [-0.39, 0.29) is 5.91 Å². The molecule has 0 saturated heterocycles. The molecule has 1 amide bonds. The molecule has 3 nitrogen and oxygen atoms in total. The van der Waals surface area contributed by atoms with Gasteiger partial charge in [0.25, 0.3) is 0 Å². The van der Waals surface area contributed by atoms with E-state index in [1.165, 1.54) is 0 Å². The van der Waals surface area contributed by atoms with Gasteiger partial charge in [-0.2, -0.15) is 5.26 Å². The second-order valence-electron chi connectivity index (χ2n) is 4.87. The maximum absolute atomic E-state index is 11.5. The van der Waals surface area contributed by atoms with Gasteiger partial charge in [0.15, 0.2) is 0 Å². The number of amides is 1. The molecule has 1 N–H and O–H groups in total. The minimum absolute atomic E-state index is 0.101. The molecule has 0 aromatic heterocycles. The van der Waals surface area contributed by atoms with Gasteiger partial charge in [-0.3, -0.25) is 4.79 Å². The lowest BCUT2D eigenvalue weighted by atomic mass is 9.68. The van der Waals surface area contributed by atoms with Crippen LogP contribution in [0, 0.1) is 22.7 Å². The molecular formula is C11H18N2O. The largest absolute Gasteiger partial charge is 0.352 e. The summed E-state index contributed by atoms with van der Waals surface area (Å²) < 4.78 is 0.